The SMILES string of the molecule is C#CCCC[N+](C)([O-])C(Br)=CC(Cl)CCCC(=O)NCCCCCCNC(=O)c1ccc(F)c(F)c1Nc1ccc(I)cc1F. The Bertz CT molecular complexity index is 1370. The maximum absolute atomic E-state index is 14.6. The highest BCUT2D eigenvalue weighted by atomic mass is 127. The van der Waals surface area contributed by atoms with Gasteiger partial charge < -0.3 is 25.8 Å². The van der Waals surface area contributed by atoms with Gasteiger partial charge in [0.1, 0.15) is 5.82 Å². The molecule has 0 aliphatic carbocycles. The van der Waals surface area contributed by atoms with Crippen molar-refractivity contribution in [2.75, 3.05) is 32.0 Å². The number of carbonyl (C=O) groups is 2. The van der Waals surface area contributed by atoms with E-state index < -0.39 is 33.7 Å². The third-order valence-corrected chi connectivity index (χ3v) is 8.83. The number of benzene rings is 2. The number of amides is 2. The predicted molar refractivity (Wildman–Crippen MR) is 186 cm³/mol. The summed E-state index contributed by atoms with van der Waals surface area (Å²) >= 11 is 11.6. The van der Waals surface area contributed by atoms with Gasteiger partial charge in [-0.3, -0.25) is 9.59 Å². The standard InChI is InChI=1S/C32H38BrClF3IN4O3/c1-3-4-9-19-42(2,45)28(33)20-22(34)11-10-12-29(43)39-17-7-5-6-8-18-40-32(44)24-14-15-25(35)30(37)31(24)41-27-16-13-23(38)21-26(27)36/h1,13-16,20-22,41H,4-12,17-19H2,2H3,(H,39,43)(H,40,44). The quantitative estimate of drug-likeness (QED) is 0.0253. The van der Waals surface area contributed by atoms with E-state index in [0.717, 1.165) is 31.4 Å². The molecule has 0 radical (unpaired) electrons. The maximum atomic E-state index is 14.6. The number of terminal acetylenes is 1. The molecule has 3 N–H and O–H groups in total. The Morgan fingerprint density at radius 2 is 1.76 bits per heavy atom. The van der Waals surface area contributed by atoms with Gasteiger partial charge in [0.15, 0.2) is 16.2 Å². The largest absolute Gasteiger partial charge is 0.627 e. The zero-order valence-electron chi connectivity index (χ0n) is 25.0. The van der Waals surface area contributed by atoms with E-state index in [9.17, 15) is 28.0 Å². The molecule has 13 heteroatoms. The van der Waals surface area contributed by atoms with E-state index >= 15 is 0 Å². The smallest absolute Gasteiger partial charge is 0.253 e. The number of rotatable bonds is 19. The van der Waals surface area contributed by atoms with E-state index in [0.29, 0.717) is 66.3 Å². The zero-order chi connectivity index (χ0) is 33.4. The van der Waals surface area contributed by atoms with Crippen LogP contribution in [-0.4, -0.2) is 48.5 Å². The average Bonchev–Trinajstić information content (AvgIpc) is 2.98. The predicted octanol–water partition coefficient (Wildman–Crippen LogP) is 8.23. The molecule has 0 spiro atoms. The number of halogens is 6. The third kappa shape index (κ3) is 13.9. The van der Waals surface area contributed by atoms with Crippen molar-refractivity contribution in [1.29, 1.82) is 0 Å². The Morgan fingerprint density at radius 3 is 2.42 bits per heavy atom. The molecule has 2 amide bonds. The summed E-state index contributed by atoms with van der Waals surface area (Å²) in [4.78, 5) is 24.9. The highest BCUT2D eigenvalue weighted by molar-refractivity contribution is 14.1. The van der Waals surface area contributed by atoms with E-state index in [2.05, 4.69) is 37.8 Å². The van der Waals surface area contributed by atoms with Crippen LogP contribution in [0.1, 0.15) is 68.1 Å². The normalized spacial score (nSPS) is 13.4. The number of anilines is 2. The molecule has 2 aromatic rings. The molecule has 0 saturated carbocycles. The van der Waals surface area contributed by atoms with Gasteiger partial charge in [0.2, 0.25) is 5.91 Å². The van der Waals surface area contributed by atoms with Gasteiger partial charge in [0, 0.05) is 57.9 Å². The number of hydrogen-bond acceptors (Lipinski definition) is 4. The van der Waals surface area contributed by atoms with Gasteiger partial charge in [-0.1, -0.05) is 12.8 Å². The summed E-state index contributed by atoms with van der Waals surface area (Å²) in [5, 5.41) is 20.3. The van der Waals surface area contributed by atoms with Crippen molar-refractivity contribution in [1.82, 2.24) is 10.6 Å². The van der Waals surface area contributed by atoms with Crippen LogP contribution in [0.2, 0.25) is 0 Å². The lowest BCUT2D eigenvalue weighted by molar-refractivity contribution is -0.812. The van der Waals surface area contributed by atoms with Gasteiger partial charge in [-0.15, -0.1) is 23.9 Å². The van der Waals surface area contributed by atoms with Gasteiger partial charge in [-0.25, -0.2) is 13.2 Å². The first-order chi connectivity index (χ1) is 21.4. The Morgan fingerprint density at radius 1 is 1.07 bits per heavy atom. The number of hydrogen-bond donors (Lipinski definition) is 3. The van der Waals surface area contributed by atoms with Crippen LogP contribution in [0.4, 0.5) is 24.5 Å². The van der Waals surface area contributed by atoms with Crippen LogP contribution in [-0.2, 0) is 4.79 Å². The molecule has 45 heavy (non-hydrogen) atoms. The molecule has 2 aromatic carbocycles. The van der Waals surface area contributed by atoms with Crippen molar-refractivity contribution in [3.63, 3.8) is 0 Å². The molecule has 2 atom stereocenters. The molecule has 0 aliphatic heterocycles. The van der Waals surface area contributed by atoms with Gasteiger partial charge in [-0.05, 0) is 78.6 Å². The number of unbranched alkanes of at least 4 members (excludes halogenated alkanes) is 4. The summed E-state index contributed by atoms with van der Waals surface area (Å²) in [6.07, 6.45) is 12.5. The molecular formula is C32H38BrClF3IN4O3. The van der Waals surface area contributed by atoms with E-state index in [1.807, 2.05) is 22.6 Å². The van der Waals surface area contributed by atoms with Crippen LogP contribution >= 0.6 is 50.1 Å². The minimum absolute atomic E-state index is 0.0750. The molecule has 0 heterocycles. The Labute approximate surface area is 290 Å². The first kappa shape index (κ1) is 38.9. The van der Waals surface area contributed by atoms with Crippen LogP contribution in [0, 0.1) is 38.6 Å². The van der Waals surface area contributed by atoms with E-state index in [1.54, 1.807) is 12.1 Å². The Hall–Kier alpha value is -2.31. The molecule has 7 nitrogen and oxygen atoms in total. The van der Waals surface area contributed by atoms with E-state index in [-0.39, 0.29) is 22.5 Å². The minimum atomic E-state index is -1.27. The second kappa shape index (κ2) is 20.0. The molecule has 2 rings (SSSR count). The summed E-state index contributed by atoms with van der Waals surface area (Å²) < 4.78 is 43.2. The van der Waals surface area contributed by atoms with Gasteiger partial charge in [-0.2, -0.15) is 0 Å². The minimum Gasteiger partial charge on any atom is -0.627 e. The fourth-order valence-electron chi connectivity index (χ4n) is 4.24. The Balaban J connectivity index is 1.65. The number of carbonyl (C=O) groups excluding carboxylic acids is 2. The van der Waals surface area contributed by atoms with Crippen molar-refractivity contribution in [2.24, 2.45) is 0 Å². The van der Waals surface area contributed by atoms with Crippen molar-refractivity contribution in [3.05, 3.63) is 72.8 Å². The number of nitrogens with one attached hydrogen (secondary N) is 3. The summed E-state index contributed by atoms with van der Waals surface area (Å²) in [7, 11) is 1.53. The van der Waals surface area contributed by atoms with Crippen LogP contribution in [0.15, 0.2) is 41.0 Å². The van der Waals surface area contributed by atoms with Crippen molar-refractivity contribution < 1.29 is 27.4 Å². The molecular weight excluding hydrogens is 788 g/mol. The summed E-state index contributed by atoms with van der Waals surface area (Å²) in [6.45, 7) is 1.17. The first-order valence-corrected chi connectivity index (χ1v) is 16.9. The van der Waals surface area contributed by atoms with Gasteiger partial charge >= 0.3 is 0 Å². The van der Waals surface area contributed by atoms with Crippen molar-refractivity contribution in [3.8, 4) is 12.3 Å². The summed E-state index contributed by atoms with van der Waals surface area (Å²) in [5.41, 5.74) is -0.663. The lowest BCUT2D eigenvalue weighted by Crippen LogP contribution is -2.35. The molecule has 0 aromatic heterocycles. The monoisotopic (exact) mass is 824 g/mol. The molecule has 0 fully saturated rings. The molecule has 0 saturated heterocycles. The Kier molecular flexibility index (Phi) is 17.3. The topological polar surface area (TPSA) is 93.3 Å². The lowest BCUT2D eigenvalue weighted by atomic mass is 10.1. The van der Waals surface area contributed by atoms with Crippen LogP contribution in [0.3, 0.4) is 0 Å². The molecule has 0 bridgehead atoms. The first-order valence-electron chi connectivity index (χ1n) is 14.6. The molecule has 2 unspecified atom stereocenters. The number of nitrogens with zero attached hydrogens (tertiary/aromatic N) is 1. The zero-order valence-corrected chi connectivity index (χ0v) is 29.5. The summed E-state index contributed by atoms with van der Waals surface area (Å²) in [5.74, 6) is -1.27. The van der Waals surface area contributed by atoms with Crippen LogP contribution in [0.25, 0.3) is 0 Å². The number of quaternary nitrogens is 1. The van der Waals surface area contributed by atoms with Crippen molar-refractivity contribution >= 4 is 73.3 Å². The van der Waals surface area contributed by atoms with Gasteiger partial charge in [0.05, 0.1) is 35.9 Å². The third-order valence-electron chi connectivity index (χ3n) is 6.80. The lowest BCUT2D eigenvalue weighted by Gasteiger charge is -2.37. The summed E-state index contributed by atoms with van der Waals surface area (Å²) in [6, 6.07) is 6.22. The van der Waals surface area contributed by atoms with Gasteiger partial charge in [0.25, 0.3) is 5.91 Å². The molecule has 0 aliphatic rings. The van der Waals surface area contributed by atoms with E-state index in [1.165, 1.54) is 19.2 Å². The number of hydroxylamine groups is 3. The highest BCUT2D eigenvalue weighted by Crippen LogP contribution is 2.29. The second-order valence-electron chi connectivity index (χ2n) is 10.6. The fourth-order valence-corrected chi connectivity index (χ4v) is 5.62. The highest BCUT2D eigenvalue weighted by Gasteiger charge is 2.20. The average molecular weight is 826 g/mol. The maximum Gasteiger partial charge on any atom is 0.253 e. The van der Waals surface area contributed by atoms with Crippen LogP contribution < -0.4 is 16.0 Å². The molecule has 246 valence electrons. The second-order valence-corrected chi connectivity index (χ2v) is 13.2. The number of alkyl halides is 1. The number of allylic oxidation sites excluding steroid dienone is 1. The van der Waals surface area contributed by atoms with E-state index in [4.69, 9.17) is 18.0 Å². The van der Waals surface area contributed by atoms with Crippen LogP contribution in [0.5, 0.6) is 0 Å². The van der Waals surface area contributed by atoms with Crippen molar-refractivity contribution in [2.45, 2.75) is 63.2 Å². The fraction of sp³-hybridized carbons (Fsp3) is 0.438.